The van der Waals surface area contributed by atoms with E-state index in [-0.39, 0.29) is 35.3 Å². The second-order valence-electron chi connectivity index (χ2n) is 10.7. The Morgan fingerprint density at radius 2 is 1.13 bits per heavy atom. The van der Waals surface area contributed by atoms with Gasteiger partial charge in [0.05, 0.1) is 24.0 Å². The molecule has 0 aromatic heterocycles. The normalized spacial score (nSPS) is 33.0. The van der Waals surface area contributed by atoms with E-state index in [2.05, 4.69) is 13.8 Å². The minimum absolute atomic E-state index is 0.123. The summed E-state index contributed by atoms with van der Waals surface area (Å²) in [5, 5.41) is 0. The molecule has 1 heterocycles. The SMILES string of the molecule is CCCCC1(OC(=O)C2CC3OC3CC2C(=O)OC2(CCCC)CCCC2)CCCC1. The molecule has 0 aromatic carbocycles. The van der Waals surface area contributed by atoms with E-state index in [1.54, 1.807) is 0 Å². The van der Waals surface area contributed by atoms with Gasteiger partial charge in [-0.2, -0.15) is 0 Å². The predicted molar refractivity (Wildman–Crippen MR) is 119 cm³/mol. The third kappa shape index (κ3) is 5.29. The van der Waals surface area contributed by atoms with Crippen molar-refractivity contribution in [3.8, 4) is 0 Å². The molecule has 0 aromatic rings. The number of carbonyl (C=O) groups excluding carboxylic acids is 2. The fourth-order valence-corrected chi connectivity index (χ4v) is 6.36. The van der Waals surface area contributed by atoms with E-state index in [0.29, 0.717) is 12.8 Å². The highest BCUT2D eigenvalue weighted by atomic mass is 16.6. The van der Waals surface area contributed by atoms with Crippen LogP contribution in [0.25, 0.3) is 0 Å². The van der Waals surface area contributed by atoms with Gasteiger partial charge in [0.15, 0.2) is 0 Å². The molecule has 4 unspecified atom stereocenters. The zero-order chi connectivity index (χ0) is 21.9. The third-order valence-electron chi connectivity index (χ3n) is 8.39. The van der Waals surface area contributed by atoms with Gasteiger partial charge in [0.25, 0.3) is 0 Å². The average molecular weight is 435 g/mol. The molecule has 0 N–H and O–H groups in total. The summed E-state index contributed by atoms with van der Waals surface area (Å²) in [7, 11) is 0. The number of hydrogen-bond donors (Lipinski definition) is 0. The summed E-state index contributed by atoms with van der Waals surface area (Å²) in [5.41, 5.74) is -0.618. The standard InChI is InChI=1S/C26H42O5/c1-3-5-11-25(13-7-8-14-25)30-23(27)19-17-21-22(29-21)18-20(19)24(28)31-26(12-6-4-2)15-9-10-16-26/h19-22H,3-18H2,1-2H3. The van der Waals surface area contributed by atoms with Gasteiger partial charge in [-0.05, 0) is 89.9 Å². The lowest BCUT2D eigenvalue weighted by atomic mass is 9.78. The maximum absolute atomic E-state index is 13.4. The number of esters is 2. The molecule has 4 atom stereocenters. The number of fused-ring (bicyclic) bond motifs is 1. The summed E-state index contributed by atoms with van der Waals surface area (Å²) in [6.45, 7) is 4.36. The molecule has 5 nitrogen and oxygen atoms in total. The van der Waals surface area contributed by atoms with E-state index in [4.69, 9.17) is 14.2 Å². The van der Waals surface area contributed by atoms with Crippen LogP contribution in [0.3, 0.4) is 0 Å². The lowest BCUT2D eigenvalue weighted by molar-refractivity contribution is -0.180. The summed E-state index contributed by atoms with van der Waals surface area (Å²) < 4.78 is 18.2. The smallest absolute Gasteiger partial charge is 0.310 e. The van der Waals surface area contributed by atoms with E-state index in [1.807, 2.05) is 0 Å². The maximum Gasteiger partial charge on any atom is 0.310 e. The summed E-state index contributed by atoms with van der Waals surface area (Å²) in [4.78, 5) is 26.8. The van der Waals surface area contributed by atoms with E-state index >= 15 is 0 Å². The zero-order valence-electron chi connectivity index (χ0n) is 19.7. The Morgan fingerprint density at radius 1 is 0.742 bits per heavy atom. The van der Waals surface area contributed by atoms with E-state index in [9.17, 15) is 9.59 Å². The van der Waals surface area contributed by atoms with E-state index in [0.717, 1.165) is 89.9 Å². The highest BCUT2D eigenvalue weighted by Gasteiger charge is 2.55. The second-order valence-corrected chi connectivity index (χ2v) is 10.7. The molecular formula is C26H42O5. The molecule has 0 bridgehead atoms. The van der Waals surface area contributed by atoms with Crippen LogP contribution in [-0.4, -0.2) is 35.3 Å². The van der Waals surface area contributed by atoms with E-state index < -0.39 is 11.8 Å². The number of unbranched alkanes of at least 4 members (excludes halogenated alkanes) is 2. The fourth-order valence-electron chi connectivity index (χ4n) is 6.36. The molecule has 0 amide bonds. The molecule has 3 aliphatic carbocycles. The first kappa shape index (κ1) is 23.1. The Balaban J connectivity index is 1.44. The van der Waals surface area contributed by atoms with Crippen LogP contribution in [0.4, 0.5) is 0 Å². The lowest BCUT2D eigenvalue weighted by Gasteiger charge is -2.36. The molecule has 0 radical (unpaired) electrons. The number of epoxide rings is 1. The molecule has 0 spiro atoms. The first-order chi connectivity index (χ1) is 15.0. The highest BCUT2D eigenvalue weighted by Crippen LogP contribution is 2.47. The van der Waals surface area contributed by atoms with Crippen molar-refractivity contribution in [3.63, 3.8) is 0 Å². The zero-order valence-corrected chi connectivity index (χ0v) is 19.7. The van der Waals surface area contributed by atoms with Crippen LogP contribution < -0.4 is 0 Å². The molecule has 1 aliphatic heterocycles. The monoisotopic (exact) mass is 434 g/mol. The van der Waals surface area contributed by atoms with Gasteiger partial charge in [-0.15, -0.1) is 0 Å². The van der Waals surface area contributed by atoms with Crippen LogP contribution in [0.2, 0.25) is 0 Å². The number of ether oxygens (including phenoxy) is 3. The summed E-state index contributed by atoms with van der Waals surface area (Å²) in [6, 6.07) is 0. The van der Waals surface area contributed by atoms with Gasteiger partial charge < -0.3 is 14.2 Å². The van der Waals surface area contributed by atoms with Crippen LogP contribution in [0, 0.1) is 11.8 Å². The minimum Gasteiger partial charge on any atom is -0.459 e. The maximum atomic E-state index is 13.4. The second kappa shape index (κ2) is 9.80. The summed E-state index contributed by atoms with van der Waals surface area (Å²) in [6.07, 6.45) is 16.1. The summed E-state index contributed by atoms with van der Waals surface area (Å²) >= 11 is 0. The Labute approximate surface area is 188 Å². The molecule has 4 fully saturated rings. The van der Waals surface area contributed by atoms with Crippen LogP contribution in [0.5, 0.6) is 0 Å². The van der Waals surface area contributed by atoms with Crippen molar-refractivity contribution >= 4 is 11.9 Å². The Morgan fingerprint density at radius 3 is 1.48 bits per heavy atom. The van der Waals surface area contributed by atoms with Crippen molar-refractivity contribution in [3.05, 3.63) is 0 Å². The van der Waals surface area contributed by atoms with Crippen molar-refractivity contribution in [2.24, 2.45) is 11.8 Å². The van der Waals surface area contributed by atoms with Crippen LogP contribution in [-0.2, 0) is 23.8 Å². The topological polar surface area (TPSA) is 65.1 Å². The number of rotatable bonds is 10. The molecule has 176 valence electrons. The van der Waals surface area contributed by atoms with Gasteiger partial charge in [0, 0.05) is 0 Å². The Kier molecular flexibility index (Phi) is 7.30. The van der Waals surface area contributed by atoms with Crippen molar-refractivity contribution in [2.45, 2.75) is 140 Å². The predicted octanol–water partition coefficient (Wildman–Crippen LogP) is 5.87. The van der Waals surface area contributed by atoms with Crippen molar-refractivity contribution < 1.29 is 23.8 Å². The molecule has 4 aliphatic rings. The van der Waals surface area contributed by atoms with Crippen molar-refractivity contribution in [1.29, 1.82) is 0 Å². The van der Waals surface area contributed by atoms with Gasteiger partial charge in [0.1, 0.15) is 11.2 Å². The molecule has 1 saturated heterocycles. The quantitative estimate of drug-likeness (QED) is 0.318. The fraction of sp³-hybridized carbons (Fsp3) is 0.923. The third-order valence-corrected chi connectivity index (χ3v) is 8.39. The highest BCUT2D eigenvalue weighted by molar-refractivity contribution is 5.83. The van der Waals surface area contributed by atoms with Gasteiger partial charge in [-0.25, -0.2) is 0 Å². The van der Waals surface area contributed by atoms with Crippen LogP contribution in [0.15, 0.2) is 0 Å². The average Bonchev–Trinajstić information content (AvgIpc) is 3.13. The summed E-state index contributed by atoms with van der Waals surface area (Å²) in [5.74, 6) is -1.19. The van der Waals surface area contributed by atoms with Gasteiger partial charge in [-0.1, -0.05) is 26.7 Å². The molecule has 4 rings (SSSR count). The van der Waals surface area contributed by atoms with Gasteiger partial charge in [-0.3, -0.25) is 9.59 Å². The van der Waals surface area contributed by atoms with Gasteiger partial charge >= 0.3 is 11.9 Å². The van der Waals surface area contributed by atoms with E-state index in [1.165, 1.54) is 0 Å². The number of carbonyl (C=O) groups is 2. The molecular weight excluding hydrogens is 392 g/mol. The van der Waals surface area contributed by atoms with Gasteiger partial charge in [0.2, 0.25) is 0 Å². The molecule has 31 heavy (non-hydrogen) atoms. The Hall–Kier alpha value is -1.10. The lowest BCUT2D eigenvalue weighted by Crippen LogP contribution is -2.44. The minimum atomic E-state index is -0.417. The van der Waals surface area contributed by atoms with Crippen molar-refractivity contribution in [2.75, 3.05) is 0 Å². The molecule has 3 saturated carbocycles. The Bertz CT molecular complexity index is 578. The number of hydrogen-bond acceptors (Lipinski definition) is 5. The van der Waals surface area contributed by atoms with Crippen LogP contribution >= 0.6 is 0 Å². The molecule has 5 heteroatoms. The van der Waals surface area contributed by atoms with Crippen LogP contribution in [0.1, 0.15) is 117 Å². The van der Waals surface area contributed by atoms with Crippen molar-refractivity contribution in [1.82, 2.24) is 0 Å². The first-order valence-corrected chi connectivity index (χ1v) is 13.1. The first-order valence-electron chi connectivity index (χ1n) is 13.1. The largest absolute Gasteiger partial charge is 0.459 e.